The first-order valence-corrected chi connectivity index (χ1v) is 9.22. The van der Waals surface area contributed by atoms with Crippen LogP contribution in [0.4, 0.5) is 5.69 Å². The number of ether oxygens (including phenoxy) is 1. The number of non-ortho nitro benzene ring substituents is 1. The number of nitro groups is 1. The van der Waals surface area contributed by atoms with Gasteiger partial charge in [-0.05, 0) is 32.8 Å². The number of benzene rings is 1. The van der Waals surface area contributed by atoms with E-state index in [-0.39, 0.29) is 12.1 Å². The number of nitrogens with one attached hydrogen (secondary N) is 1. The largest absolute Gasteiger partial charge is 0.598 e. The molecule has 7 nitrogen and oxygen atoms in total. The molecule has 0 spiro atoms. The predicted molar refractivity (Wildman–Crippen MR) is 97.3 cm³/mol. The zero-order valence-corrected chi connectivity index (χ0v) is 16.1. The minimum Gasteiger partial charge on any atom is -0.598 e. The van der Waals surface area contributed by atoms with Crippen molar-refractivity contribution in [1.29, 1.82) is 0 Å². The van der Waals surface area contributed by atoms with Crippen molar-refractivity contribution in [3.63, 3.8) is 0 Å². The molecule has 0 bridgehead atoms. The Morgan fingerprint density at radius 1 is 1.36 bits per heavy atom. The smallest absolute Gasteiger partial charge is 0.307 e. The van der Waals surface area contributed by atoms with Gasteiger partial charge in [0.15, 0.2) is 0 Å². The van der Waals surface area contributed by atoms with Crippen LogP contribution < -0.4 is 4.72 Å². The summed E-state index contributed by atoms with van der Waals surface area (Å²) in [6.45, 7) is 7.39. The Labute approximate surface area is 151 Å². The van der Waals surface area contributed by atoms with Crippen molar-refractivity contribution in [2.24, 2.45) is 0 Å². The highest BCUT2D eigenvalue weighted by atomic mass is 32.2. The summed E-state index contributed by atoms with van der Waals surface area (Å²) in [6.07, 6.45) is 1.10. The van der Waals surface area contributed by atoms with Gasteiger partial charge in [-0.25, -0.2) is 0 Å². The summed E-state index contributed by atoms with van der Waals surface area (Å²) in [5, 5.41) is 11.1. The summed E-state index contributed by atoms with van der Waals surface area (Å²) < 4.78 is 20.0. The van der Waals surface area contributed by atoms with Gasteiger partial charge in [-0.3, -0.25) is 14.9 Å². The van der Waals surface area contributed by atoms with Gasteiger partial charge < -0.3 is 9.29 Å². The third kappa shape index (κ3) is 5.69. The Hall–Kier alpha value is -1.64. The topological polar surface area (TPSA) is 105 Å². The molecule has 1 rings (SSSR count). The third-order valence-electron chi connectivity index (χ3n) is 3.80. The second-order valence-corrected chi connectivity index (χ2v) is 8.84. The molecule has 0 radical (unpaired) electrons. The predicted octanol–water partition coefficient (Wildman–Crippen LogP) is 3.21. The van der Waals surface area contributed by atoms with Crippen molar-refractivity contribution >= 4 is 23.0 Å². The quantitative estimate of drug-likeness (QED) is 0.326. The zero-order chi connectivity index (χ0) is 19.3. The van der Waals surface area contributed by atoms with E-state index >= 15 is 0 Å². The van der Waals surface area contributed by atoms with Crippen LogP contribution in [-0.4, -0.2) is 27.3 Å². The maximum atomic E-state index is 12.7. The van der Waals surface area contributed by atoms with E-state index in [0.717, 1.165) is 0 Å². The van der Waals surface area contributed by atoms with E-state index in [1.165, 1.54) is 19.2 Å². The van der Waals surface area contributed by atoms with Crippen LogP contribution in [0.5, 0.6) is 0 Å². The van der Waals surface area contributed by atoms with Gasteiger partial charge in [-0.2, -0.15) is 0 Å². The summed E-state index contributed by atoms with van der Waals surface area (Å²) in [7, 11) is 1.28. The minimum atomic E-state index is -1.47. The Balaban J connectivity index is 3.44. The Bertz CT molecular complexity index is 617. The highest BCUT2D eigenvalue weighted by Gasteiger charge is 2.42. The Kier molecular flexibility index (Phi) is 7.40. The molecule has 0 aromatic heterocycles. The van der Waals surface area contributed by atoms with Crippen LogP contribution in [0.3, 0.4) is 0 Å². The molecule has 0 aliphatic carbocycles. The van der Waals surface area contributed by atoms with Crippen LogP contribution in [0.2, 0.25) is 0 Å². The van der Waals surface area contributed by atoms with Crippen LogP contribution in [0.25, 0.3) is 0 Å². The molecule has 0 aliphatic heterocycles. The van der Waals surface area contributed by atoms with Crippen LogP contribution >= 0.6 is 0 Å². The molecular weight excluding hydrogens is 344 g/mol. The maximum Gasteiger partial charge on any atom is 0.307 e. The lowest BCUT2D eigenvalue weighted by Crippen LogP contribution is -2.52. The molecule has 0 unspecified atom stereocenters. The van der Waals surface area contributed by atoms with Gasteiger partial charge in [0, 0.05) is 23.5 Å². The normalized spacial score (nSPS) is 15.3. The molecule has 0 saturated heterocycles. The molecule has 2 atom stereocenters. The van der Waals surface area contributed by atoms with Gasteiger partial charge in [0.05, 0.1) is 24.0 Å². The highest BCUT2D eigenvalue weighted by Crippen LogP contribution is 2.35. The summed E-state index contributed by atoms with van der Waals surface area (Å²) in [6, 6.07) is 6.08. The molecule has 0 amide bonds. The van der Waals surface area contributed by atoms with Crippen molar-refractivity contribution < 1.29 is 19.0 Å². The van der Waals surface area contributed by atoms with E-state index in [9.17, 15) is 19.5 Å². The van der Waals surface area contributed by atoms with Crippen molar-refractivity contribution in [3.8, 4) is 0 Å². The fourth-order valence-corrected chi connectivity index (χ4v) is 3.43. The SMILES string of the molecule is CCC[C@@](CC(=O)OC)(N[S@+]([O-])C(C)(C)C)c1cccc([N+](=O)[O-])c1. The molecule has 0 heterocycles. The lowest BCUT2D eigenvalue weighted by Gasteiger charge is -2.37. The van der Waals surface area contributed by atoms with E-state index in [2.05, 4.69) is 4.72 Å². The van der Waals surface area contributed by atoms with E-state index < -0.39 is 32.5 Å². The van der Waals surface area contributed by atoms with Crippen molar-refractivity contribution in [2.45, 2.75) is 57.2 Å². The molecular formula is C17H26N2O5S. The summed E-state index contributed by atoms with van der Waals surface area (Å²) >= 11 is -1.47. The number of methoxy groups -OCH3 is 1. The molecule has 140 valence electrons. The molecule has 25 heavy (non-hydrogen) atoms. The number of esters is 1. The monoisotopic (exact) mass is 370 g/mol. The maximum absolute atomic E-state index is 12.7. The number of carbonyl (C=O) groups excluding carboxylic acids is 1. The first-order valence-electron chi connectivity index (χ1n) is 8.07. The lowest BCUT2D eigenvalue weighted by atomic mass is 9.83. The van der Waals surface area contributed by atoms with Gasteiger partial charge in [0.25, 0.3) is 5.69 Å². The fraction of sp³-hybridized carbons (Fsp3) is 0.588. The number of nitro benzene ring substituents is 1. The van der Waals surface area contributed by atoms with E-state index in [4.69, 9.17) is 4.74 Å². The van der Waals surface area contributed by atoms with Crippen molar-refractivity contribution in [1.82, 2.24) is 4.72 Å². The van der Waals surface area contributed by atoms with E-state index in [1.54, 1.807) is 12.1 Å². The van der Waals surface area contributed by atoms with Gasteiger partial charge in [-0.15, -0.1) is 4.72 Å². The summed E-state index contributed by atoms with van der Waals surface area (Å²) in [4.78, 5) is 22.7. The number of rotatable bonds is 8. The number of hydrogen-bond donors (Lipinski definition) is 1. The van der Waals surface area contributed by atoms with Gasteiger partial charge in [0.1, 0.15) is 4.75 Å². The highest BCUT2D eigenvalue weighted by molar-refractivity contribution is 7.90. The minimum absolute atomic E-state index is 0.0691. The molecule has 1 aromatic rings. The summed E-state index contributed by atoms with van der Waals surface area (Å²) in [5.41, 5.74) is -0.538. The van der Waals surface area contributed by atoms with Crippen LogP contribution in [0, 0.1) is 10.1 Å². The summed E-state index contributed by atoms with van der Waals surface area (Å²) in [5.74, 6) is -0.474. The zero-order valence-electron chi connectivity index (χ0n) is 15.3. The van der Waals surface area contributed by atoms with E-state index in [0.29, 0.717) is 18.4 Å². The molecule has 0 saturated carbocycles. The fourth-order valence-electron chi connectivity index (χ4n) is 2.47. The number of carbonyl (C=O) groups is 1. The Morgan fingerprint density at radius 3 is 2.48 bits per heavy atom. The molecule has 1 N–H and O–H groups in total. The molecule has 0 aliphatic rings. The van der Waals surface area contributed by atoms with Crippen molar-refractivity contribution in [2.75, 3.05) is 7.11 Å². The van der Waals surface area contributed by atoms with Gasteiger partial charge in [0.2, 0.25) is 0 Å². The number of hydrogen-bond acceptors (Lipinski definition) is 6. The van der Waals surface area contributed by atoms with Gasteiger partial charge >= 0.3 is 5.97 Å². The average Bonchev–Trinajstić information content (AvgIpc) is 2.53. The van der Waals surface area contributed by atoms with Crippen LogP contribution in [-0.2, 0) is 26.4 Å². The standard InChI is InChI=1S/C17H26N2O5S/c1-6-10-17(12-15(20)24-5,18-25(23)16(2,3)4)13-8-7-9-14(11-13)19(21)22/h7-9,11,18H,6,10,12H2,1-5H3/t17-,25+/m0/s1. The second-order valence-electron chi connectivity index (χ2n) is 6.88. The Morgan fingerprint density at radius 2 is 2.00 bits per heavy atom. The van der Waals surface area contributed by atoms with Crippen molar-refractivity contribution in [3.05, 3.63) is 39.9 Å². The molecule has 1 aromatic carbocycles. The first kappa shape index (κ1) is 21.4. The number of nitrogens with zero attached hydrogens (tertiary/aromatic N) is 1. The molecule has 0 fully saturated rings. The van der Waals surface area contributed by atoms with Gasteiger partial charge in [-0.1, -0.05) is 25.5 Å². The lowest BCUT2D eigenvalue weighted by molar-refractivity contribution is -0.385. The average molecular weight is 370 g/mol. The van der Waals surface area contributed by atoms with Crippen LogP contribution in [0.15, 0.2) is 24.3 Å². The van der Waals surface area contributed by atoms with Crippen LogP contribution in [0.1, 0.15) is 52.5 Å². The molecule has 8 heteroatoms. The second kappa shape index (κ2) is 8.64. The third-order valence-corrected chi connectivity index (χ3v) is 5.49. The first-order chi connectivity index (χ1) is 11.6. The van der Waals surface area contributed by atoms with E-state index in [1.807, 2.05) is 27.7 Å².